The van der Waals surface area contributed by atoms with Gasteiger partial charge in [0.25, 0.3) is 5.91 Å². The molecule has 2 aliphatic rings. The highest BCUT2D eigenvalue weighted by atomic mass is 16.5. The van der Waals surface area contributed by atoms with Gasteiger partial charge in [-0.3, -0.25) is 9.59 Å². The smallest absolute Gasteiger partial charge is 0.276 e. The average molecular weight is 383 g/mol. The third-order valence-electron chi connectivity index (χ3n) is 5.54. The van der Waals surface area contributed by atoms with Crippen LogP contribution in [-0.4, -0.2) is 69.5 Å². The van der Waals surface area contributed by atoms with Crippen LogP contribution in [0.1, 0.15) is 34.5 Å². The second-order valence-corrected chi connectivity index (χ2v) is 7.39. The Hall–Kier alpha value is -2.74. The maximum Gasteiger partial charge on any atom is 0.276 e. The first-order valence-corrected chi connectivity index (χ1v) is 9.70. The Labute approximate surface area is 164 Å². The van der Waals surface area contributed by atoms with Crippen molar-refractivity contribution >= 4 is 11.8 Å². The lowest BCUT2D eigenvalue weighted by molar-refractivity contribution is -0.136. The molecular weight excluding hydrogens is 358 g/mol. The summed E-state index contributed by atoms with van der Waals surface area (Å²) in [5, 5.41) is 8.22. The predicted molar refractivity (Wildman–Crippen MR) is 102 cm³/mol. The molecule has 2 aromatic rings. The molecule has 2 amide bonds. The molecule has 0 bridgehead atoms. The number of aromatic nitrogens is 3. The summed E-state index contributed by atoms with van der Waals surface area (Å²) in [5.74, 6) is -0.104. The number of carbonyl (C=O) groups excluding carboxylic acids is 2. The molecular formula is C20H25N5O3. The van der Waals surface area contributed by atoms with E-state index in [0.29, 0.717) is 25.3 Å². The lowest BCUT2D eigenvalue weighted by atomic mass is 10.00. The fraction of sp³-hybridized carbons (Fsp3) is 0.500. The SMILES string of the molecule is COCC(=O)N1CCC[C@H]1Cn1cc(C(=O)N2CCc3ccccc3C2)nn1. The minimum atomic E-state index is -0.0977. The monoisotopic (exact) mass is 383 g/mol. The molecule has 2 aliphatic heterocycles. The van der Waals surface area contributed by atoms with Crippen LogP contribution in [0.15, 0.2) is 30.5 Å². The van der Waals surface area contributed by atoms with E-state index >= 15 is 0 Å². The maximum atomic E-state index is 12.8. The zero-order valence-corrected chi connectivity index (χ0v) is 16.1. The second kappa shape index (κ2) is 8.10. The summed E-state index contributed by atoms with van der Waals surface area (Å²) in [4.78, 5) is 28.7. The highest BCUT2D eigenvalue weighted by Crippen LogP contribution is 2.21. The molecule has 0 aliphatic carbocycles. The predicted octanol–water partition coefficient (Wildman–Crippen LogP) is 1.11. The van der Waals surface area contributed by atoms with Gasteiger partial charge in [0.1, 0.15) is 6.61 Å². The minimum Gasteiger partial charge on any atom is -0.375 e. The lowest BCUT2D eigenvalue weighted by Gasteiger charge is -2.28. The number of hydrogen-bond acceptors (Lipinski definition) is 5. The second-order valence-electron chi connectivity index (χ2n) is 7.39. The van der Waals surface area contributed by atoms with E-state index in [1.807, 2.05) is 21.9 Å². The number of hydrogen-bond donors (Lipinski definition) is 0. The molecule has 1 aromatic carbocycles. The molecule has 3 heterocycles. The van der Waals surface area contributed by atoms with Crippen LogP contribution >= 0.6 is 0 Å². The van der Waals surface area contributed by atoms with Crippen LogP contribution in [0.2, 0.25) is 0 Å². The molecule has 0 saturated carbocycles. The van der Waals surface area contributed by atoms with Crippen molar-refractivity contribution in [1.82, 2.24) is 24.8 Å². The zero-order valence-electron chi connectivity index (χ0n) is 16.1. The van der Waals surface area contributed by atoms with Crippen LogP contribution in [0.4, 0.5) is 0 Å². The minimum absolute atomic E-state index is 0.00611. The number of benzene rings is 1. The van der Waals surface area contributed by atoms with Crippen molar-refractivity contribution < 1.29 is 14.3 Å². The van der Waals surface area contributed by atoms with Crippen molar-refractivity contribution in [3.05, 3.63) is 47.3 Å². The van der Waals surface area contributed by atoms with Crippen LogP contribution in [0.25, 0.3) is 0 Å². The number of methoxy groups -OCH3 is 1. The molecule has 1 saturated heterocycles. The summed E-state index contributed by atoms with van der Waals surface area (Å²) in [7, 11) is 1.53. The van der Waals surface area contributed by atoms with Crippen LogP contribution in [0.5, 0.6) is 0 Å². The molecule has 4 rings (SSSR count). The molecule has 1 fully saturated rings. The number of fused-ring (bicyclic) bond motifs is 1. The molecule has 8 nitrogen and oxygen atoms in total. The Morgan fingerprint density at radius 2 is 2.04 bits per heavy atom. The van der Waals surface area contributed by atoms with E-state index in [1.165, 1.54) is 18.2 Å². The van der Waals surface area contributed by atoms with Gasteiger partial charge >= 0.3 is 0 Å². The van der Waals surface area contributed by atoms with Gasteiger partial charge < -0.3 is 14.5 Å². The lowest BCUT2D eigenvalue weighted by Crippen LogP contribution is -2.40. The number of rotatable bonds is 5. The van der Waals surface area contributed by atoms with Gasteiger partial charge in [-0.05, 0) is 30.4 Å². The van der Waals surface area contributed by atoms with E-state index < -0.39 is 0 Å². The standard InChI is InChI=1S/C20H25N5O3/c1-28-14-19(26)25-9-4-7-17(25)12-24-13-18(21-22-24)20(27)23-10-8-15-5-2-3-6-16(15)11-23/h2-3,5-6,13,17H,4,7-12,14H2,1H3/t17-/m0/s1. The number of amides is 2. The summed E-state index contributed by atoms with van der Waals surface area (Å²) in [6, 6.07) is 8.28. The van der Waals surface area contributed by atoms with E-state index in [2.05, 4.69) is 22.4 Å². The van der Waals surface area contributed by atoms with Gasteiger partial charge in [0.15, 0.2) is 5.69 Å². The number of ether oxygens (including phenoxy) is 1. The van der Waals surface area contributed by atoms with Crippen LogP contribution < -0.4 is 0 Å². The van der Waals surface area contributed by atoms with Gasteiger partial charge in [-0.15, -0.1) is 5.10 Å². The number of likely N-dealkylation sites (tertiary alicyclic amines) is 1. The fourth-order valence-electron chi connectivity index (χ4n) is 4.09. The molecule has 1 atom stereocenters. The largest absolute Gasteiger partial charge is 0.375 e. The fourth-order valence-corrected chi connectivity index (χ4v) is 4.09. The van der Waals surface area contributed by atoms with Crippen molar-refractivity contribution in [1.29, 1.82) is 0 Å². The number of nitrogens with zero attached hydrogens (tertiary/aromatic N) is 5. The van der Waals surface area contributed by atoms with E-state index in [4.69, 9.17) is 4.74 Å². The van der Waals surface area contributed by atoms with Gasteiger partial charge in [-0.2, -0.15) is 0 Å². The highest BCUT2D eigenvalue weighted by Gasteiger charge is 2.30. The highest BCUT2D eigenvalue weighted by molar-refractivity contribution is 5.92. The molecule has 0 radical (unpaired) electrons. The van der Waals surface area contributed by atoms with E-state index in [0.717, 1.165) is 25.8 Å². The van der Waals surface area contributed by atoms with Crippen molar-refractivity contribution in [2.45, 2.75) is 38.4 Å². The maximum absolute atomic E-state index is 12.8. The first-order valence-electron chi connectivity index (χ1n) is 9.70. The molecule has 28 heavy (non-hydrogen) atoms. The first kappa shape index (κ1) is 18.6. The number of carbonyl (C=O) groups is 2. The summed E-state index contributed by atoms with van der Waals surface area (Å²) >= 11 is 0. The van der Waals surface area contributed by atoms with Crippen molar-refractivity contribution in [2.75, 3.05) is 26.8 Å². The van der Waals surface area contributed by atoms with E-state index in [9.17, 15) is 9.59 Å². The van der Waals surface area contributed by atoms with E-state index in [-0.39, 0.29) is 24.5 Å². The zero-order chi connectivity index (χ0) is 19.5. The molecule has 148 valence electrons. The van der Waals surface area contributed by atoms with Gasteiger partial charge in [0.2, 0.25) is 5.91 Å². The van der Waals surface area contributed by atoms with Crippen molar-refractivity contribution in [3.63, 3.8) is 0 Å². The molecule has 0 unspecified atom stereocenters. The third kappa shape index (κ3) is 3.77. The Morgan fingerprint density at radius 3 is 2.86 bits per heavy atom. The quantitative estimate of drug-likeness (QED) is 0.773. The van der Waals surface area contributed by atoms with Crippen LogP contribution in [0, 0.1) is 0 Å². The third-order valence-corrected chi connectivity index (χ3v) is 5.54. The van der Waals surface area contributed by atoms with Gasteiger partial charge in [0.05, 0.1) is 18.8 Å². The van der Waals surface area contributed by atoms with E-state index in [1.54, 1.807) is 10.9 Å². The summed E-state index contributed by atoms with van der Waals surface area (Å²) in [5.41, 5.74) is 2.84. The summed E-state index contributed by atoms with van der Waals surface area (Å²) in [6.45, 7) is 2.65. The topological polar surface area (TPSA) is 80.6 Å². The molecule has 8 heteroatoms. The average Bonchev–Trinajstić information content (AvgIpc) is 3.37. The van der Waals surface area contributed by atoms with Crippen LogP contribution in [-0.2, 0) is 29.0 Å². The Balaban J connectivity index is 1.40. The van der Waals surface area contributed by atoms with Gasteiger partial charge in [-0.25, -0.2) is 4.68 Å². The first-order chi connectivity index (χ1) is 13.7. The Morgan fingerprint density at radius 1 is 1.21 bits per heavy atom. The molecule has 0 N–H and O–H groups in total. The Kier molecular flexibility index (Phi) is 5.38. The normalized spacial score (nSPS) is 19.0. The Bertz CT molecular complexity index is 865. The van der Waals surface area contributed by atoms with Crippen molar-refractivity contribution in [3.8, 4) is 0 Å². The van der Waals surface area contributed by atoms with Crippen molar-refractivity contribution in [2.24, 2.45) is 0 Å². The summed E-state index contributed by atoms with van der Waals surface area (Å²) in [6.07, 6.45) is 4.43. The van der Waals surface area contributed by atoms with Crippen LogP contribution in [0.3, 0.4) is 0 Å². The van der Waals surface area contributed by atoms with Gasteiger partial charge in [0, 0.05) is 26.7 Å². The molecule has 0 spiro atoms. The van der Waals surface area contributed by atoms with Gasteiger partial charge in [-0.1, -0.05) is 29.5 Å². The molecule has 1 aromatic heterocycles. The summed E-state index contributed by atoms with van der Waals surface area (Å²) < 4.78 is 6.64.